The lowest BCUT2D eigenvalue weighted by atomic mass is 10.2. The highest BCUT2D eigenvalue weighted by atomic mass is 31.2. The first-order valence-corrected chi connectivity index (χ1v) is 12.2. The first-order chi connectivity index (χ1) is 17.0. The van der Waals surface area contributed by atoms with Gasteiger partial charge in [0.15, 0.2) is 11.6 Å². The number of para-hydroxylation sites is 1. The third kappa shape index (κ3) is 6.97. The molecule has 0 atom stereocenters. The van der Waals surface area contributed by atoms with Gasteiger partial charge in [-0.1, -0.05) is 72.8 Å². The highest BCUT2D eigenvalue weighted by Crippen LogP contribution is 2.52. The minimum absolute atomic E-state index is 0.0320. The molecule has 35 heavy (non-hydrogen) atoms. The summed E-state index contributed by atoms with van der Waals surface area (Å²) in [5, 5.41) is 8.32. The summed E-state index contributed by atoms with van der Waals surface area (Å²) in [4.78, 5) is 3.96. The molecule has 0 aliphatic heterocycles. The van der Waals surface area contributed by atoms with E-state index in [0.717, 1.165) is 11.1 Å². The smallest absolute Gasteiger partial charge is 0.402 e. The van der Waals surface area contributed by atoms with E-state index in [2.05, 4.69) is 15.2 Å². The minimum Gasteiger partial charge on any atom is -0.402 e. The maximum atomic E-state index is 13.7. The zero-order valence-electron chi connectivity index (χ0n) is 18.7. The standard InChI is InChI=1S/C25H24N5O4P/c26-24-16-15-22(25(27)28-24)30-29-21-13-7-8-14-23(21)34-35(31,32-17-19-9-3-1-4-10-19)33-18-20-11-5-2-6-12-20/h1-16H,17-18H2,(H4,26,27,28). The summed E-state index contributed by atoms with van der Waals surface area (Å²) < 4.78 is 30.8. The fourth-order valence-corrected chi connectivity index (χ4v) is 4.15. The van der Waals surface area contributed by atoms with Crippen LogP contribution < -0.4 is 16.0 Å². The number of aromatic nitrogens is 1. The van der Waals surface area contributed by atoms with E-state index >= 15 is 0 Å². The van der Waals surface area contributed by atoms with Gasteiger partial charge in [0.25, 0.3) is 0 Å². The normalized spacial score (nSPS) is 11.5. The molecule has 4 aromatic rings. The molecule has 0 aliphatic carbocycles. The lowest BCUT2D eigenvalue weighted by Crippen LogP contribution is -2.03. The predicted octanol–water partition coefficient (Wildman–Crippen LogP) is 6.58. The lowest BCUT2D eigenvalue weighted by Gasteiger charge is -2.19. The number of azo groups is 1. The van der Waals surface area contributed by atoms with Crippen LogP contribution in [0.1, 0.15) is 11.1 Å². The second kappa shape index (κ2) is 11.4. The number of hydrogen-bond donors (Lipinski definition) is 2. The van der Waals surface area contributed by atoms with Crippen LogP contribution in [-0.2, 0) is 26.8 Å². The summed E-state index contributed by atoms with van der Waals surface area (Å²) >= 11 is 0. The topological polar surface area (TPSA) is 134 Å². The molecule has 0 radical (unpaired) electrons. The molecule has 0 aliphatic rings. The van der Waals surface area contributed by atoms with Gasteiger partial charge in [-0.05, 0) is 35.4 Å². The molecule has 0 unspecified atom stereocenters. The number of hydrogen-bond acceptors (Lipinski definition) is 9. The van der Waals surface area contributed by atoms with Crippen LogP contribution in [0.3, 0.4) is 0 Å². The van der Waals surface area contributed by atoms with Crippen LogP contribution in [0.4, 0.5) is 23.0 Å². The van der Waals surface area contributed by atoms with Crippen LogP contribution in [0.15, 0.2) is 107 Å². The summed E-state index contributed by atoms with van der Waals surface area (Å²) in [7, 11) is -4.07. The number of nitrogens with two attached hydrogens (primary N) is 2. The van der Waals surface area contributed by atoms with Crippen LogP contribution in [0, 0.1) is 0 Å². The van der Waals surface area contributed by atoms with E-state index in [0.29, 0.717) is 11.4 Å². The van der Waals surface area contributed by atoms with Gasteiger partial charge in [0.1, 0.15) is 17.2 Å². The SMILES string of the molecule is Nc1ccc(N=Nc2ccccc2OP(=O)(OCc2ccccc2)OCc2ccccc2)c(N)n1. The molecular formula is C25H24N5O4P. The maximum Gasteiger partial charge on any atom is 0.530 e. The average molecular weight is 489 g/mol. The van der Waals surface area contributed by atoms with Gasteiger partial charge in [0.05, 0.1) is 13.2 Å². The van der Waals surface area contributed by atoms with E-state index in [9.17, 15) is 4.57 Å². The predicted molar refractivity (Wildman–Crippen MR) is 134 cm³/mol. The number of rotatable bonds is 10. The zero-order chi connectivity index (χ0) is 24.5. The molecule has 178 valence electrons. The van der Waals surface area contributed by atoms with Crippen molar-refractivity contribution in [1.29, 1.82) is 0 Å². The fraction of sp³-hybridized carbons (Fsp3) is 0.0800. The lowest BCUT2D eigenvalue weighted by molar-refractivity contribution is 0.143. The van der Waals surface area contributed by atoms with Gasteiger partial charge in [0.2, 0.25) is 0 Å². The Kier molecular flexibility index (Phi) is 7.84. The zero-order valence-corrected chi connectivity index (χ0v) is 19.6. The summed E-state index contributed by atoms with van der Waals surface area (Å²) in [5.41, 5.74) is 13.8. The van der Waals surface area contributed by atoms with Gasteiger partial charge in [-0.3, -0.25) is 9.05 Å². The number of phosphoric acid groups is 1. The van der Waals surface area contributed by atoms with E-state index in [1.807, 2.05) is 60.7 Å². The van der Waals surface area contributed by atoms with Gasteiger partial charge in [-0.15, -0.1) is 10.2 Å². The first kappa shape index (κ1) is 24.1. The molecule has 1 heterocycles. The number of anilines is 2. The summed E-state index contributed by atoms with van der Waals surface area (Å²) in [6.07, 6.45) is 0. The van der Waals surface area contributed by atoms with Crippen molar-refractivity contribution in [3.63, 3.8) is 0 Å². The van der Waals surface area contributed by atoms with Crippen molar-refractivity contribution in [3.05, 3.63) is 108 Å². The third-order valence-corrected chi connectivity index (χ3v) is 6.04. The number of nitrogens with zero attached hydrogens (tertiary/aromatic N) is 3. The number of benzene rings is 3. The van der Waals surface area contributed by atoms with Gasteiger partial charge >= 0.3 is 7.82 Å². The van der Waals surface area contributed by atoms with Crippen LogP contribution in [0.5, 0.6) is 5.75 Å². The van der Waals surface area contributed by atoms with Crippen molar-refractivity contribution in [2.24, 2.45) is 10.2 Å². The van der Waals surface area contributed by atoms with Crippen LogP contribution in [0.25, 0.3) is 0 Å². The number of nitrogen functional groups attached to an aromatic ring is 2. The Morgan fingerprint density at radius 3 is 1.83 bits per heavy atom. The van der Waals surface area contributed by atoms with E-state index < -0.39 is 7.82 Å². The Morgan fingerprint density at radius 1 is 0.686 bits per heavy atom. The highest BCUT2D eigenvalue weighted by Gasteiger charge is 2.30. The molecule has 9 nitrogen and oxygen atoms in total. The molecule has 0 bridgehead atoms. The summed E-state index contributed by atoms with van der Waals surface area (Å²) in [6.45, 7) is 0.0640. The molecule has 4 N–H and O–H groups in total. The van der Waals surface area contributed by atoms with Crippen molar-refractivity contribution in [1.82, 2.24) is 4.98 Å². The Balaban J connectivity index is 1.57. The maximum absolute atomic E-state index is 13.7. The fourth-order valence-electron chi connectivity index (χ4n) is 2.96. The molecule has 4 rings (SSSR count). The third-order valence-electron chi connectivity index (χ3n) is 4.73. The van der Waals surface area contributed by atoms with Gasteiger partial charge in [0, 0.05) is 0 Å². The molecule has 0 fully saturated rings. The van der Waals surface area contributed by atoms with Crippen LogP contribution >= 0.6 is 7.82 Å². The molecule has 3 aromatic carbocycles. The summed E-state index contributed by atoms with van der Waals surface area (Å²) in [6, 6.07) is 28.5. The van der Waals surface area contributed by atoms with Crippen molar-refractivity contribution in [2.75, 3.05) is 11.5 Å². The Morgan fingerprint density at radius 2 is 1.23 bits per heavy atom. The van der Waals surface area contributed by atoms with Crippen LogP contribution in [-0.4, -0.2) is 4.98 Å². The van der Waals surface area contributed by atoms with Crippen molar-refractivity contribution < 1.29 is 18.1 Å². The first-order valence-electron chi connectivity index (χ1n) is 10.7. The second-order valence-electron chi connectivity index (χ2n) is 7.36. The van der Waals surface area contributed by atoms with Gasteiger partial charge in [-0.2, -0.15) is 0 Å². The molecule has 0 saturated carbocycles. The monoisotopic (exact) mass is 489 g/mol. The van der Waals surface area contributed by atoms with E-state index in [-0.39, 0.29) is 30.6 Å². The molecule has 0 amide bonds. The van der Waals surface area contributed by atoms with Gasteiger partial charge in [-0.25, -0.2) is 9.55 Å². The summed E-state index contributed by atoms with van der Waals surface area (Å²) in [5.74, 6) is 0.579. The number of phosphoric ester groups is 1. The van der Waals surface area contributed by atoms with E-state index in [4.69, 9.17) is 25.0 Å². The van der Waals surface area contributed by atoms with Gasteiger partial charge < -0.3 is 16.0 Å². The Hall–Kier alpha value is -4.04. The molecule has 1 aromatic heterocycles. The second-order valence-corrected chi connectivity index (χ2v) is 8.96. The van der Waals surface area contributed by atoms with E-state index in [1.54, 1.807) is 36.4 Å². The largest absolute Gasteiger partial charge is 0.530 e. The highest BCUT2D eigenvalue weighted by molar-refractivity contribution is 7.48. The van der Waals surface area contributed by atoms with E-state index in [1.165, 1.54) is 0 Å². The van der Waals surface area contributed by atoms with Crippen molar-refractivity contribution in [2.45, 2.75) is 13.2 Å². The molecular weight excluding hydrogens is 465 g/mol. The van der Waals surface area contributed by atoms with Crippen molar-refractivity contribution >= 4 is 30.8 Å². The molecule has 10 heteroatoms. The number of pyridine rings is 1. The van der Waals surface area contributed by atoms with Crippen molar-refractivity contribution in [3.8, 4) is 5.75 Å². The van der Waals surface area contributed by atoms with Crippen LogP contribution in [0.2, 0.25) is 0 Å². The molecule has 0 saturated heterocycles. The Bertz CT molecular complexity index is 1290. The molecule has 0 spiro atoms. The Labute approximate surface area is 203 Å². The average Bonchev–Trinajstić information content (AvgIpc) is 2.88. The minimum atomic E-state index is -4.07. The quantitative estimate of drug-likeness (QED) is 0.190.